The van der Waals surface area contributed by atoms with Crippen LogP contribution in [0.3, 0.4) is 0 Å². The second-order valence-electron chi connectivity index (χ2n) is 8.47. The van der Waals surface area contributed by atoms with Gasteiger partial charge in [0.1, 0.15) is 6.61 Å². The number of unbranched alkanes of at least 4 members (excludes halogenated alkanes) is 2. The number of nitrogens with one attached hydrogen (secondary N) is 1. The van der Waals surface area contributed by atoms with Gasteiger partial charge in [-0.1, -0.05) is 56.5 Å². The molecule has 0 atom stereocenters. The summed E-state index contributed by atoms with van der Waals surface area (Å²) in [6, 6.07) is 12.6. The van der Waals surface area contributed by atoms with Gasteiger partial charge in [-0.2, -0.15) is 0 Å². The minimum Gasteiger partial charge on any atom is -0.493 e. The summed E-state index contributed by atoms with van der Waals surface area (Å²) in [5.41, 5.74) is 3.57. The number of methoxy groups -OCH3 is 1. The lowest BCUT2D eigenvalue weighted by atomic mass is 10.1. The molecule has 0 saturated carbocycles. The highest BCUT2D eigenvalue weighted by Crippen LogP contribution is 2.37. The summed E-state index contributed by atoms with van der Waals surface area (Å²) in [5.74, 6) is 1.51. The molecule has 0 spiro atoms. The van der Waals surface area contributed by atoms with Crippen LogP contribution in [0.2, 0.25) is 0 Å². The zero-order chi connectivity index (χ0) is 23.2. The Balaban J connectivity index is 1.84. The van der Waals surface area contributed by atoms with Crippen LogP contribution in [0.5, 0.6) is 11.5 Å². The van der Waals surface area contributed by atoms with Gasteiger partial charge in [0.2, 0.25) is 0 Å². The molecule has 5 heteroatoms. The maximum Gasteiger partial charge on any atom is 0.175 e. The van der Waals surface area contributed by atoms with Gasteiger partial charge in [-0.05, 0) is 91.6 Å². The van der Waals surface area contributed by atoms with Crippen LogP contribution in [0, 0.1) is 6.92 Å². The number of halogens is 1. The molecule has 0 aliphatic carbocycles. The van der Waals surface area contributed by atoms with Crippen molar-refractivity contribution in [1.29, 1.82) is 0 Å². The van der Waals surface area contributed by atoms with Crippen LogP contribution in [0.25, 0.3) is 0 Å². The van der Waals surface area contributed by atoms with E-state index < -0.39 is 0 Å². The summed E-state index contributed by atoms with van der Waals surface area (Å²) >= 11 is 3.68. The molecule has 0 saturated heterocycles. The van der Waals surface area contributed by atoms with Gasteiger partial charge < -0.3 is 19.7 Å². The molecule has 0 fully saturated rings. The molecule has 0 radical (unpaired) electrons. The average molecular weight is 506 g/mol. The first-order valence-electron chi connectivity index (χ1n) is 12.0. The summed E-state index contributed by atoms with van der Waals surface area (Å²) in [5, 5.41) is 3.59. The van der Waals surface area contributed by atoms with E-state index in [-0.39, 0.29) is 0 Å². The van der Waals surface area contributed by atoms with E-state index in [4.69, 9.17) is 9.47 Å². The molecular formula is C27H41BrN2O2. The smallest absolute Gasteiger partial charge is 0.175 e. The van der Waals surface area contributed by atoms with Crippen LogP contribution >= 0.6 is 15.9 Å². The Morgan fingerprint density at radius 3 is 2.31 bits per heavy atom. The summed E-state index contributed by atoms with van der Waals surface area (Å²) in [6.45, 7) is 12.6. The van der Waals surface area contributed by atoms with Crippen molar-refractivity contribution in [3.05, 3.63) is 57.6 Å². The first-order chi connectivity index (χ1) is 15.6. The standard InChI is InChI=1S/C27H41BrN2O2/c1-5-7-14-30(15-8-6-2)16-10-13-29-20-24-18-25(28)27(26(19-24)31-4)32-21-23-12-9-11-22(3)17-23/h9,11-12,17-19,29H,5-8,10,13-16,20-21H2,1-4H3. The summed E-state index contributed by atoms with van der Waals surface area (Å²) in [4.78, 5) is 2.62. The van der Waals surface area contributed by atoms with E-state index in [1.165, 1.54) is 62.9 Å². The molecule has 32 heavy (non-hydrogen) atoms. The Kier molecular flexibility index (Phi) is 12.8. The first kappa shape index (κ1) is 26.7. The number of aryl methyl sites for hydroxylation is 1. The molecule has 0 aliphatic heterocycles. The van der Waals surface area contributed by atoms with E-state index >= 15 is 0 Å². The Morgan fingerprint density at radius 2 is 1.66 bits per heavy atom. The summed E-state index contributed by atoms with van der Waals surface area (Å²) in [7, 11) is 1.69. The van der Waals surface area contributed by atoms with Crippen LogP contribution in [0.1, 0.15) is 62.6 Å². The molecule has 2 rings (SSSR count). The van der Waals surface area contributed by atoms with E-state index in [9.17, 15) is 0 Å². The fourth-order valence-electron chi connectivity index (χ4n) is 3.73. The monoisotopic (exact) mass is 504 g/mol. The van der Waals surface area contributed by atoms with Gasteiger partial charge >= 0.3 is 0 Å². The SMILES string of the molecule is CCCCN(CCCC)CCCNCc1cc(Br)c(OCc2cccc(C)c2)c(OC)c1. The Morgan fingerprint density at radius 1 is 0.938 bits per heavy atom. The zero-order valence-corrected chi connectivity index (χ0v) is 22.0. The fraction of sp³-hybridized carbons (Fsp3) is 0.556. The molecule has 0 unspecified atom stereocenters. The minimum atomic E-state index is 0.515. The van der Waals surface area contributed by atoms with Crippen LogP contribution < -0.4 is 14.8 Å². The maximum atomic E-state index is 6.09. The third-order valence-corrected chi connectivity index (χ3v) is 6.16. The summed E-state index contributed by atoms with van der Waals surface area (Å²) in [6.07, 6.45) is 6.29. The van der Waals surface area contributed by atoms with Gasteiger partial charge in [0.25, 0.3) is 0 Å². The van der Waals surface area contributed by atoms with Crippen LogP contribution in [-0.2, 0) is 13.2 Å². The van der Waals surface area contributed by atoms with Crippen molar-refractivity contribution in [3.63, 3.8) is 0 Å². The van der Waals surface area contributed by atoms with Crippen molar-refractivity contribution in [2.45, 2.75) is 66.0 Å². The molecule has 0 aliphatic rings. The number of rotatable bonds is 16. The average Bonchev–Trinajstić information content (AvgIpc) is 2.79. The Bertz CT molecular complexity index is 789. The molecule has 2 aromatic carbocycles. The highest BCUT2D eigenvalue weighted by atomic mass is 79.9. The minimum absolute atomic E-state index is 0.515. The molecule has 0 bridgehead atoms. The van der Waals surface area contributed by atoms with E-state index in [1.807, 2.05) is 0 Å². The van der Waals surface area contributed by atoms with Crippen molar-refractivity contribution >= 4 is 15.9 Å². The van der Waals surface area contributed by atoms with Crippen molar-refractivity contribution in [1.82, 2.24) is 10.2 Å². The Labute approximate surface area is 203 Å². The third-order valence-electron chi connectivity index (χ3n) is 5.57. The Hall–Kier alpha value is -1.56. The highest BCUT2D eigenvalue weighted by Gasteiger charge is 2.12. The van der Waals surface area contributed by atoms with Gasteiger partial charge in [-0.25, -0.2) is 0 Å². The van der Waals surface area contributed by atoms with E-state index in [0.717, 1.165) is 34.6 Å². The van der Waals surface area contributed by atoms with E-state index in [2.05, 4.69) is 83.3 Å². The van der Waals surface area contributed by atoms with E-state index in [1.54, 1.807) is 7.11 Å². The zero-order valence-electron chi connectivity index (χ0n) is 20.4. The van der Waals surface area contributed by atoms with Crippen molar-refractivity contribution in [2.24, 2.45) is 0 Å². The first-order valence-corrected chi connectivity index (χ1v) is 12.8. The normalized spacial score (nSPS) is 11.2. The molecular weight excluding hydrogens is 464 g/mol. The van der Waals surface area contributed by atoms with Gasteiger partial charge in [0, 0.05) is 6.54 Å². The van der Waals surface area contributed by atoms with Gasteiger partial charge in [-0.15, -0.1) is 0 Å². The lowest BCUT2D eigenvalue weighted by Gasteiger charge is -2.22. The van der Waals surface area contributed by atoms with Crippen LogP contribution in [0.15, 0.2) is 40.9 Å². The van der Waals surface area contributed by atoms with Crippen LogP contribution in [-0.4, -0.2) is 38.2 Å². The van der Waals surface area contributed by atoms with E-state index in [0.29, 0.717) is 6.61 Å². The fourth-order valence-corrected chi connectivity index (χ4v) is 4.34. The van der Waals surface area contributed by atoms with Gasteiger partial charge in [0.15, 0.2) is 11.5 Å². The maximum absolute atomic E-state index is 6.09. The predicted octanol–water partition coefficient (Wildman–Crippen LogP) is 6.73. The van der Waals surface area contributed by atoms with Gasteiger partial charge in [-0.3, -0.25) is 0 Å². The molecule has 0 heterocycles. The predicted molar refractivity (Wildman–Crippen MR) is 139 cm³/mol. The largest absolute Gasteiger partial charge is 0.493 e. The van der Waals surface area contributed by atoms with Crippen molar-refractivity contribution in [3.8, 4) is 11.5 Å². The number of ether oxygens (including phenoxy) is 2. The van der Waals surface area contributed by atoms with Crippen LogP contribution in [0.4, 0.5) is 0 Å². The number of hydrogen-bond donors (Lipinski definition) is 1. The molecule has 4 nitrogen and oxygen atoms in total. The topological polar surface area (TPSA) is 33.7 Å². The van der Waals surface area contributed by atoms with Crippen molar-refractivity contribution in [2.75, 3.05) is 33.3 Å². The number of benzene rings is 2. The summed E-state index contributed by atoms with van der Waals surface area (Å²) < 4.78 is 12.6. The molecule has 0 amide bonds. The van der Waals surface area contributed by atoms with Gasteiger partial charge in [0.05, 0.1) is 11.6 Å². The quantitative estimate of drug-likeness (QED) is 0.257. The lowest BCUT2D eigenvalue weighted by molar-refractivity contribution is 0.261. The molecule has 0 aromatic heterocycles. The number of hydrogen-bond acceptors (Lipinski definition) is 4. The second-order valence-corrected chi connectivity index (χ2v) is 9.32. The number of nitrogens with zero attached hydrogens (tertiary/aromatic N) is 1. The molecule has 1 N–H and O–H groups in total. The van der Waals surface area contributed by atoms with Crippen molar-refractivity contribution < 1.29 is 9.47 Å². The molecule has 178 valence electrons. The lowest BCUT2D eigenvalue weighted by Crippen LogP contribution is -2.29. The second kappa shape index (κ2) is 15.3. The molecule has 2 aromatic rings. The highest BCUT2D eigenvalue weighted by molar-refractivity contribution is 9.10. The third kappa shape index (κ3) is 9.51.